The van der Waals surface area contributed by atoms with Gasteiger partial charge in [-0.3, -0.25) is 0 Å². The molecule has 0 bridgehead atoms. The first kappa shape index (κ1) is 17.4. The number of unbranched alkanes of at least 4 members (excludes halogenated alkanes) is 1. The zero-order chi connectivity index (χ0) is 17.3. The minimum atomic E-state index is 0.318. The number of nitrogens with zero attached hydrogens (tertiary/aromatic N) is 3. The van der Waals surface area contributed by atoms with Crippen LogP contribution >= 0.6 is 0 Å². The number of H-pyrrole nitrogens is 1. The van der Waals surface area contributed by atoms with Crippen LogP contribution in [0.15, 0.2) is 54.6 Å². The maximum atomic E-state index is 4.22. The number of aromatic nitrogens is 4. The number of nitrogens with one attached hydrogen (secondary N) is 1. The van der Waals surface area contributed by atoms with Crippen LogP contribution in [-0.4, -0.2) is 27.9 Å². The summed E-state index contributed by atoms with van der Waals surface area (Å²) < 4.78 is 0. The summed E-state index contributed by atoms with van der Waals surface area (Å²) in [5.41, 5.74) is 3.81. The van der Waals surface area contributed by atoms with E-state index in [1.807, 2.05) is 6.07 Å². The Kier molecular flexibility index (Phi) is 6.38. The fraction of sp³-hybridized carbons (Fsp3) is 0.350. The van der Waals surface area contributed by atoms with E-state index in [2.05, 4.69) is 83.3 Å². The van der Waals surface area contributed by atoms with Gasteiger partial charge in [0.2, 0.25) is 0 Å². The molecule has 0 fully saturated rings. The summed E-state index contributed by atoms with van der Waals surface area (Å²) in [6.07, 6.45) is 5.62. The molecule has 1 aromatic heterocycles. The minimum absolute atomic E-state index is 0.318. The van der Waals surface area contributed by atoms with Gasteiger partial charge in [-0.15, -0.1) is 10.2 Å². The highest BCUT2D eigenvalue weighted by molar-refractivity contribution is 6.33. The lowest BCUT2D eigenvalue weighted by molar-refractivity contribution is 0.554. The van der Waals surface area contributed by atoms with Crippen LogP contribution in [-0.2, 0) is 6.42 Å². The van der Waals surface area contributed by atoms with Gasteiger partial charge in [-0.1, -0.05) is 85.8 Å². The molecule has 0 aliphatic heterocycles. The monoisotopic (exact) mass is 331 g/mol. The second-order valence-electron chi connectivity index (χ2n) is 6.43. The zero-order valence-corrected chi connectivity index (χ0v) is 14.7. The van der Waals surface area contributed by atoms with Gasteiger partial charge in [0.25, 0.3) is 0 Å². The number of benzene rings is 2. The molecule has 1 N–H and O–H groups in total. The Morgan fingerprint density at radius 2 is 1.72 bits per heavy atom. The van der Waals surface area contributed by atoms with Crippen molar-refractivity contribution in [2.75, 3.05) is 0 Å². The first-order chi connectivity index (χ1) is 12.4. The largest absolute Gasteiger partial charge is 0.177 e. The third-order valence-corrected chi connectivity index (χ3v) is 4.57. The molecule has 0 aliphatic carbocycles. The maximum absolute atomic E-state index is 4.22. The summed E-state index contributed by atoms with van der Waals surface area (Å²) in [5, 5.41) is 14.8. The molecular formula is C20H24BN4. The molecule has 5 heteroatoms. The second-order valence-corrected chi connectivity index (χ2v) is 6.43. The molecule has 0 amide bonds. The molecule has 1 radical (unpaired) electrons. The third-order valence-electron chi connectivity index (χ3n) is 4.57. The highest BCUT2D eigenvalue weighted by Crippen LogP contribution is 2.25. The molecule has 0 spiro atoms. The van der Waals surface area contributed by atoms with Gasteiger partial charge in [0.1, 0.15) is 7.28 Å². The molecule has 25 heavy (non-hydrogen) atoms. The van der Waals surface area contributed by atoms with Crippen molar-refractivity contribution in [2.24, 2.45) is 0 Å². The van der Waals surface area contributed by atoms with Crippen LogP contribution in [0.4, 0.5) is 0 Å². The number of hydrogen-bond donors (Lipinski definition) is 1. The van der Waals surface area contributed by atoms with Crippen molar-refractivity contribution in [3.05, 3.63) is 66.0 Å². The lowest BCUT2D eigenvalue weighted by atomic mass is 9.76. The Labute approximate surface area is 150 Å². The lowest BCUT2D eigenvalue weighted by Crippen LogP contribution is -2.06. The van der Waals surface area contributed by atoms with Crippen LogP contribution in [0.1, 0.15) is 36.6 Å². The van der Waals surface area contributed by atoms with Gasteiger partial charge in [-0.05, 0) is 29.5 Å². The molecule has 3 aromatic rings. The molecule has 1 atom stereocenters. The van der Waals surface area contributed by atoms with Crippen LogP contribution < -0.4 is 0 Å². The Hall–Kier alpha value is -2.43. The standard InChI is InChI=1S/C20H24BN4/c1-21-14-6-5-9-19(20-22-24-25-23-20)15-16-10-12-18(13-11-16)17-7-3-2-4-8-17/h2-4,7-8,10-13,19H,5-6,9,14-15H2,1H3,(H,22,23,24,25)/t19-/m0/s1. The van der Waals surface area contributed by atoms with Crippen molar-refractivity contribution in [2.45, 2.75) is 44.7 Å². The first-order valence-corrected chi connectivity index (χ1v) is 9.02. The van der Waals surface area contributed by atoms with Crippen LogP contribution in [0.5, 0.6) is 0 Å². The van der Waals surface area contributed by atoms with Crippen molar-refractivity contribution in [3.8, 4) is 11.1 Å². The Balaban J connectivity index is 1.66. The van der Waals surface area contributed by atoms with E-state index in [9.17, 15) is 0 Å². The van der Waals surface area contributed by atoms with E-state index in [0.29, 0.717) is 5.92 Å². The molecule has 0 saturated heterocycles. The van der Waals surface area contributed by atoms with Crippen LogP contribution in [0.25, 0.3) is 11.1 Å². The number of tetrazole rings is 1. The summed E-state index contributed by atoms with van der Waals surface area (Å²) in [4.78, 5) is 0. The highest BCUT2D eigenvalue weighted by Gasteiger charge is 2.16. The Morgan fingerprint density at radius 1 is 0.960 bits per heavy atom. The van der Waals surface area contributed by atoms with E-state index < -0.39 is 0 Å². The average Bonchev–Trinajstić information content (AvgIpc) is 3.20. The second kappa shape index (κ2) is 9.16. The van der Waals surface area contributed by atoms with Gasteiger partial charge in [-0.2, -0.15) is 5.21 Å². The molecule has 1 heterocycles. The predicted molar refractivity (Wildman–Crippen MR) is 103 cm³/mol. The normalized spacial score (nSPS) is 12.0. The van der Waals surface area contributed by atoms with Gasteiger partial charge < -0.3 is 0 Å². The van der Waals surface area contributed by atoms with E-state index in [1.165, 1.54) is 35.9 Å². The summed E-state index contributed by atoms with van der Waals surface area (Å²) in [6.45, 7) is 2.12. The summed E-state index contributed by atoms with van der Waals surface area (Å²) in [7, 11) is 2.23. The number of rotatable bonds is 9. The summed E-state index contributed by atoms with van der Waals surface area (Å²) in [6, 6.07) is 19.3. The maximum Gasteiger partial charge on any atom is 0.177 e. The van der Waals surface area contributed by atoms with Crippen LogP contribution in [0, 0.1) is 0 Å². The van der Waals surface area contributed by atoms with E-state index in [1.54, 1.807) is 0 Å². The molecular weight excluding hydrogens is 307 g/mol. The van der Waals surface area contributed by atoms with Crippen molar-refractivity contribution < 1.29 is 0 Å². The Morgan fingerprint density at radius 3 is 2.40 bits per heavy atom. The van der Waals surface area contributed by atoms with Crippen LogP contribution in [0.3, 0.4) is 0 Å². The van der Waals surface area contributed by atoms with Crippen molar-refractivity contribution >= 4 is 7.28 Å². The minimum Gasteiger partial charge on any atom is -0.177 e. The van der Waals surface area contributed by atoms with E-state index >= 15 is 0 Å². The fourth-order valence-corrected chi connectivity index (χ4v) is 3.15. The SMILES string of the molecule is C[B]CCCC[C@@H](Cc1ccc(-c2ccccc2)cc1)c1nn[nH]n1. The molecule has 0 aliphatic rings. The van der Waals surface area contributed by atoms with E-state index in [0.717, 1.165) is 18.7 Å². The van der Waals surface area contributed by atoms with Gasteiger partial charge >= 0.3 is 0 Å². The smallest absolute Gasteiger partial charge is 0.177 e. The molecule has 127 valence electrons. The summed E-state index contributed by atoms with van der Waals surface area (Å²) >= 11 is 0. The predicted octanol–water partition coefficient (Wildman–Crippen LogP) is 4.53. The molecule has 3 rings (SSSR count). The van der Waals surface area contributed by atoms with Gasteiger partial charge in [-0.25, -0.2) is 0 Å². The topological polar surface area (TPSA) is 54.5 Å². The summed E-state index contributed by atoms with van der Waals surface area (Å²) in [5.74, 6) is 1.14. The van der Waals surface area contributed by atoms with E-state index in [-0.39, 0.29) is 0 Å². The van der Waals surface area contributed by atoms with E-state index in [4.69, 9.17) is 0 Å². The van der Waals surface area contributed by atoms with Crippen molar-refractivity contribution in [1.29, 1.82) is 0 Å². The average molecular weight is 331 g/mol. The number of aromatic amines is 1. The van der Waals surface area contributed by atoms with Gasteiger partial charge in [0.15, 0.2) is 5.82 Å². The van der Waals surface area contributed by atoms with Crippen molar-refractivity contribution in [3.63, 3.8) is 0 Å². The highest BCUT2D eigenvalue weighted by atomic mass is 15.5. The van der Waals surface area contributed by atoms with Crippen molar-refractivity contribution in [1.82, 2.24) is 20.6 Å². The fourth-order valence-electron chi connectivity index (χ4n) is 3.15. The molecule has 2 aromatic carbocycles. The van der Waals surface area contributed by atoms with Gasteiger partial charge in [0, 0.05) is 5.92 Å². The molecule has 0 unspecified atom stereocenters. The third kappa shape index (κ3) is 5.02. The quantitative estimate of drug-likeness (QED) is 0.463. The zero-order valence-electron chi connectivity index (χ0n) is 14.7. The lowest BCUT2D eigenvalue weighted by Gasteiger charge is -2.13. The first-order valence-electron chi connectivity index (χ1n) is 9.02. The van der Waals surface area contributed by atoms with Crippen LogP contribution in [0.2, 0.25) is 13.1 Å². The number of hydrogen-bond acceptors (Lipinski definition) is 3. The van der Waals surface area contributed by atoms with Gasteiger partial charge in [0.05, 0.1) is 0 Å². The Bertz CT molecular complexity index is 726. The molecule has 0 saturated carbocycles. The molecule has 4 nitrogen and oxygen atoms in total.